The van der Waals surface area contributed by atoms with Crippen LogP contribution in [0, 0.1) is 5.82 Å². The van der Waals surface area contributed by atoms with Gasteiger partial charge >= 0.3 is 0 Å². The number of ether oxygens (including phenoxy) is 1. The number of hydrogen-bond acceptors (Lipinski definition) is 5. The number of benzene rings is 1. The van der Waals surface area contributed by atoms with E-state index in [0.29, 0.717) is 5.69 Å². The van der Waals surface area contributed by atoms with Crippen molar-refractivity contribution < 1.29 is 14.2 Å². The fourth-order valence-electron chi connectivity index (χ4n) is 1.29. The molecular weight excluding hydrogens is 215 g/mol. The quantitative estimate of drug-likeness (QED) is 0.811. The molecule has 2 aromatic rings. The summed E-state index contributed by atoms with van der Waals surface area (Å²) in [5.74, 6) is -0.133. The zero-order chi connectivity index (χ0) is 11.5. The molecule has 0 radical (unpaired) electrons. The fraction of sp³-hybridized carbons (Fsp3) is 0.222. The average molecular weight is 224 g/mol. The number of nitrogens with zero attached hydrogens (tertiary/aromatic N) is 4. The van der Waals surface area contributed by atoms with E-state index in [1.165, 1.54) is 23.9 Å². The van der Waals surface area contributed by atoms with Crippen molar-refractivity contribution in [2.75, 3.05) is 7.11 Å². The van der Waals surface area contributed by atoms with Gasteiger partial charge in [-0.25, -0.2) is 4.39 Å². The lowest BCUT2D eigenvalue weighted by Gasteiger charge is -2.05. The molecule has 6 nitrogen and oxygen atoms in total. The number of rotatable bonds is 3. The molecule has 16 heavy (non-hydrogen) atoms. The van der Waals surface area contributed by atoms with Crippen molar-refractivity contribution >= 4 is 0 Å². The first kappa shape index (κ1) is 10.5. The van der Waals surface area contributed by atoms with Crippen molar-refractivity contribution in [3.05, 3.63) is 29.8 Å². The van der Waals surface area contributed by atoms with Gasteiger partial charge in [0.25, 0.3) is 0 Å². The van der Waals surface area contributed by atoms with Crippen LogP contribution in [0.15, 0.2) is 18.2 Å². The number of aromatic nitrogens is 4. The molecule has 1 N–H and O–H groups in total. The number of aliphatic hydroxyl groups is 1. The molecule has 0 spiro atoms. The predicted octanol–water partition coefficient (Wildman–Crippen LogP) is 0.302. The molecule has 0 aliphatic heterocycles. The Morgan fingerprint density at radius 3 is 2.94 bits per heavy atom. The summed E-state index contributed by atoms with van der Waals surface area (Å²) < 4.78 is 19.4. The van der Waals surface area contributed by atoms with Crippen LogP contribution >= 0.6 is 0 Å². The molecule has 0 amide bonds. The van der Waals surface area contributed by atoms with E-state index in [-0.39, 0.29) is 18.2 Å². The van der Waals surface area contributed by atoms with Gasteiger partial charge in [0.15, 0.2) is 17.4 Å². The molecule has 0 fully saturated rings. The van der Waals surface area contributed by atoms with E-state index in [1.54, 1.807) is 6.07 Å². The van der Waals surface area contributed by atoms with Crippen molar-refractivity contribution in [3.8, 4) is 11.4 Å². The highest BCUT2D eigenvalue weighted by Crippen LogP contribution is 2.19. The molecule has 7 heteroatoms. The van der Waals surface area contributed by atoms with Crippen LogP contribution in [-0.4, -0.2) is 32.4 Å². The maximum Gasteiger partial charge on any atom is 0.182 e. The van der Waals surface area contributed by atoms with Crippen LogP contribution in [0.5, 0.6) is 5.75 Å². The summed E-state index contributed by atoms with van der Waals surface area (Å²) in [7, 11) is 1.38. The van der Waals surface area contributed by atoms with Gasteiger partial charge in [-0.05, 0) is 22.6 Å². The molecule has 0 saturated carbocycles. The van der Waals surface area contributed by atoms with Crippen molar-refractivity contribution in [1.29, 1.82) is 0 Å². The molecule has 0 atom stereocenters. The minimum Gasteiger partial charge on any atom is -0.494 e. The molecule has 0 unspecified atom stereocenters. The Morgan fingerprint density at radius 1 is 1.50 bits per heavy atom. The normalized spacial score (nSPS) is 10.4. The molecule has 0 bridgehead atoms. The van der Waals surface area contributed by atoms with Gasteiger partial charge in [-0.1, -0.05) is 0 Å². The summed E-state index contributed by atoms with van der Waals surface area (Å²) in [6.45, 7) is -0.319. The second kappa shape index (κ2) is 4.23. The van der Waals surface area contributed by atoms with Crippen molar-refractivity contribution in [2.45, 2.75) is 6.61 Å². The van der Waals surface area contributed by atoms with Crippen LogP contribution in [0.25, 0.3) is 5.69 Å². The van der Waals surface area contributed by atoms with E-state index in [9.17, 15) is 4.39 Å². The largest absolute Gasteiger partial charge is 0.494 e. The fourth-order valence-corrected chi connectivity index (χ4v) is 1.29. The number of aliphatic hydroxyl groups excluding tert-OH is 1. The summed E-state index contributed by atoms with van der Waals surface area (Å²) in [6.07, 6.45) is 0. The number of hydrogen-bond donors (Lipinski definition) is 1. The van der Waals surface area contributed by atoms with E-state index in [4.69, 9.17) is 9.84 Å². The third-order valence-electron chi connectivity index (χ3n) is 2.06. The smallest absolute Gasteiger partial charge is 0.182 e. The highest BCUT2D eigenvalue weighted by molar-refractivity contribution is 5.38. The molecule has 2 rings (SSSR count). The monoisotopic (exact) mass is 224 g/mol. The Bertz CT molecular complexity index is 500. The van der Waals surface area contributed by atoms with Gasteiger partial charge in [-0.2, -0.15) is 4.68 Å². The molecule has 0 aliphatic carbocycles. The maximum absolute atomic E-state index is 13.4. The Balaban J connectivity index is 2.45. The van der Waals surface area contributed by atoms with E-state index in [0.717, 1.165) is 0 Å². The molecule has 84 valence electrons. The number of methoxy groups -OCH3 is 1. The van der Waals surface area contributed by atoms with Gasteiger partial charge in [0.05, 0.1) is 12.8 Å². The van der Waals surface area contributed by atoms with Crippen LogP contribution in [0.2, 0.25) is 0 Å². The Kier molecular flexibility index (Phi) is 2.78. The topological polar surface area (TPSA) is 73.1 Å². The first-order chi connectivity index (χ1) is 7.76. The van der Waals surface area contributed by atoms with Crippen LogP contribution < -0.4 is 4.74 Å². The van der Waals surface area contributed by atoms with Gasteiger partial charge in [0.2, 0.25) is 0 Å². The summed E-state index contributed by atoms with van der Waals surface area (Å²) in [5.41, 5.74) is 0.423. The van der Waals surface area contributed by atoms with Crippen molar-refractivity contribution in [2.24, 2.45) is 0 Å². The predicted molar refractivity (Wildman–Crippen MR) is 51.6 cm³/mol. The third-order valence-corrected chi connectivity index (χ3v) is 2.06. The van der Waals surface area contributed by atoms with Gasteiger partial charge in [-0.3, -0.25) is 0 Å². The second-order valence-corrected chi connectivity index (χ2v) is 2.98. The summed E-state index contributed by atoms with van der Waals surface area (Å²) in [6, 6.07) is 4.29. The van der Waals surface area contributed by atoms with Crippen LogP contribution in [0.1, 0.15) is 5.82 Å². The van der Waals surface area contributed by atoms with Crippen LogP contribution in [-0.2, 0) is 6.61 Å². The van der Waals surface area contributed by atoms with E-state index >= 15 is 0 Å². The Hall–Kier alpha value is -2.02. The van der Waals surface area contributed by atoms with E-state index in [2.05, 4.69) is 15.5 Å². The van der Waals surface area contributed by atoms with Gasteiger partial charge in [0, 0.05) is 6.07 Å². The van der Waals surface area contributed by atoms with Gasteiger partial charge < -0.3 is 9.84 Å². The highest BCUT2D eigenvalue weighted by atomic mass is 19.1. The summed E-state index contributed by atoms with van der Waals surface area (Å²) >= 11 is 0. The van der Waals surface area contributed by atoms with Crippen molar-refractivity contribution in [3.63, 3.8) is 0 Å². The minimum atomic E-state index is -0.514. The van der Waals surface area contributed by atoms with Crippen molar-refractivity contribution in [1.82, 2.24) is 20.2 Å². The highest BCUT2D eigenvalue weighted by Gasteiger charge is 2.09. The molecule has 1 aromatic carbocycles. The summed E-state index contributed by atoms with van der Waals surface area (Å²) in [5, 5.41) is 19.6. The Morgan fingerprint density at radius 2 is 2.31 bits per heavy atom. The lowest BCUT2D eigenvalue weighted by atomic mass is 10.3. The maximum atomic E-state index is 13.4. The standard InChI is InChI=1S/C9H9FN4O2/c1-16-8-3-2-6(4-7(8)10)14-9(5-15)11-12-13-14/h2-4,15H,5H2,1H3. The zero-order valence-electron chi connectivity index (χ0n) is 8.46. The zero-order valence-corrected chi connectivity index (χ0v) is 8.46. The molecule has 0 saturated heterocycles. The lowest BCUT2D eigenvalue weighted by molar-refractivity contribution is 0.268. The lowest BCUT2D eigenvalue weighted by Crippen LogP contribution is -2.03. The number of halogens is 1. The van der Waals surface area contributed by atoms with Gasteiger partial charge in [0.1, 0.15) is 6.61 Å². The van der Waals surface area contributed by atoms with Gasteiger partial charge in [-0.15, -0.1) is 5.10 Å². The second-order valence-electron chi connectivity index (χ2n) is 2.98. The molecular formula is C9H9FN4O2. The van der Waals surface area contributed by atoms with E-state index < -0.39 is 5.82 Å². The van der Waals surface area contributed by atoms with Crippen LogP contribution in [0.4, 0.5) is 4.39 Å². The number of tetrazole rings is 1. The average Bonchev–Trinajstić information content (AvgIpc) is 2.77. The first-order valence-corrected chi connectivity index (χ1v) is 4.48. The Labute approximate surface area is 90.3 Å². The molecule has 1 aromatic heterocycles. The van der Waals surface area contributed by atoms with Crippen LogP contribution in [0.3, 0.4) is 0 Å². The first-order valence-electron chi connectivity index (χ1n) is 4.48. The van der Waals surface area contributed by atoms with E-state index in [1.807, 2.05) is 0 Å². The third kappa shape index (κ3) is 1.72. The molecule has 0 aliphatic rings. The minimum absolute atomic E-state index is 0.141. The SMILES string of the molecule is COc1ccc(-n2nnnc2CO)cc1F. The summed E-state index contributed by atoms with van der Waals surface area (Å²) in [4.78, 5) is 0. The molecule has 1 heterocycles.